The van der Waals surface area contributed by atoms with Crippen LogP contribution in [0, 0.1) is 6.92 Å². The average molecular weight is 471 g/mol. The number of fused-ring (bicyclic) bond motifs is 1. The number of aromatic nitrogens is 1. The van der Waals surface area contributed by atoms with Crippen LogP contribution in [0.4, 0.5) is 5.13 Å². The van der Waals surface area contributed by atoms with E-state index in [9.17, 15) is 9.59 Å². The Labute approximate surface area is 195 Å². The second-order valence-electron chi connectivity index (χ2n) is 7.78. The molecule has 166 valence electrons. The predicted octanol–water partition coefficient (Wildman–Crippen LogP) is 5.48. The summed E-state index contributed by atoms with van der Waals surface area (Å²) < 4.78 is 5.93. The molecule has 0 bridgehead atoms. The monoisotopic (exact) mass is 470 g/mol. The lowest BCUT2D eigenvalue weighted by Crippen LogP contribution is -2.11. The number of thiazole rings is 1. The maximum Gasteiger partial charge on any atom is 0.303 e. The molecule has 1 aliphatic carbocycles. The first-order valence-corrected chi connectivity index (χ1v) is 11.6. The van der Waals surface area contributed by atoms with Crippen LogP contribution in [0.5, 0.6) is 5.75 Å². The quantitative estimate of drug-likeness (QED) is 0.455. The van der Waals surface area contributed by atoms with Crippen LogP contribution in [-0.4, -0.2) is 28.6 Å². The maximum absolute atomic E-state index is 12.4. The van der Waals surface area contributed by atoms with Crippen LogP contribution >= 0.6 is 22.9 Å². The van der Waals surface area contributed by atoms with E-state index in [0.717, 1.165) is 34.7 Å². The van der Waals surface area contributed by atoms with E-state index >= 15 is 0 Å². The van der Waals surface area contributed by atoms with E-state index in [1.54, 1.807) is 24.3 Å². The molecule has 0 fully saturated rings. The fraction of sp³-hybridized carbons (Fsp3) is 0.292. The number of amides is 1. The van der Waals surface area contributed by atoms with Gasteiger partial charge in [-0.1, -0.05) is 23.7 Å². The van der Waals surface area contributed by atoms with Gasteiger partial charge in [0.05, 0.1) is 18.7 Å². The summed E-state index contributed by atoms with van der Waals surface area (Å²) in [5, 5.41) is 12.9. The zero-order valence-corrected chi connectivity index (χ0v) is 19.1. The van der Waals surface area contributed by atoms with Crippen molar-refractivity contribution in [3.8, 4) is 5.75 Å². The summed E-state index contributed by atoms with van der Waals surface area (Å²) in [6.45, 7) is 2.43. The molecular weight excluding hydrogens is 448 g/mol. The third kappa shape index (κ3) is 5.29. The number of ether oxygens (including phenoxy) is 1. The summed E-state index contributed by atoms with van der Waals surface area (Å²) in [7, 11) is 0. The topological polar surface area (TPSA) is 88.5 Å². The normalized spacial score (nSPS) is 14.8. The Balaban J connectivity index is 1.33. The zero-order valence-electron chi connectivity index (χ0n) is 17.6. The minimum absolute atomic E-state index is 0.0924. The van der Waals surface area contributed by atoms with Crippen molar-refractivity contribution in [2.75, 3.05) is 11.9 Å². The molecule has 2 N–H and O–H groups in total. The lowest BCUT2D eigenvalue weighted by molar-refractivity contribution is -0.137. The Morgan fingerprint density at radius 1 is 1.28 bits per heavy atom. The van der Waals surface area contributed by atoms with Gasteiger partial charge in [-0.2, -0.15) is 0 Å². The minimum Gasteiger partial charge on any atom is -0.493 e. The number of nitrogens with one attached hydrogen (secondary N) is 1. The number of benzene rings is 2. The number of aryl methyl sites for hydroxylation is 2. The van der Waals surface area contributed by atoms with E-state index in [4.69, 9.17) is 21.4 Å². The molecule has 4 rings (SSSR count). The molecule has 1 amide bonds. The third-order valence-corrected chi connectivity index (χ3v) is 6.71. The highest BCUT2D eigenvalue weighted by molar-refractivity contribution is 7.15. The first kappa shape index (κ1) is 22.3. The molecule has 3 aromatic rings. The first-order valence-electron chi connectivity index (χ1n) is 10.4. The van der Waals surface area contributed by atoms with Crippen LogP contribution < -0.4 is 10.1 Å². The number of hydrogen-bond donors (Lipinski definition) is 2. The number of hydrogen-bond acceptors (Lipinski definition) is 5. The molecule has 1 aliphatic rings. The summed E-state index contributed by atoms with van der Waals surface area (Å²) in [5.41, 5.74) is 3.66. The van der Waals surface area contributed by atoms with Crippen LogP contribution in [0.15, 0.2) is 42.5 Å². The van der Waals surface area contributed by atoms with Crippen molar-refractivity contribution in [1.29, 1.82) is 0 Å². The van der Waals surface area contributed by atoms with Gasteiger partial charge in [-0.15, -0.1) is 11.3 Å². The summed E-state index contributed by atoms with van der Waals surface area (Å²) in [6.07, 6.45) is 2.54. The Morgan fingerprint density at radius 3 is 2.91 bits per heavy atom. The Bertz CT molecular complexity index is 1160. The second kappa shape index (κ2) is 9.71. The summed E-state index contributed by atoms with van der Waals surface area (Å²) in [5.74, 6) is -0.134. The molecule has 0 saturated heterocycles. The number of carboxylic acids is 1. The molecule has 0 saturated carbocycles. The second-order valence-corrected chi connectivity index (χ2v) is 9.42. The van der Waals surface area contributed by atoms with Crippen molar-refractivity contribution in [2.24, 2.45) is 0 Å². The SMILES string of the molecule is Cc1sc(NC(=O)c2cccc(Cl)c2)nc1CCOc1ccc2c(c1)CC[C@H]2CC(=O)O. The largest absolute Gasteiger partial charge is 0.493 e. The number of aliphatic carboxylic acids is 1. The highest BCUT2D eigenvalue weighted by Crippen LogP contribution is 2.37. The highest BCUT2D eigenvalue weighted by Gasteiger charge is 2.25. The number of carboxylic acid groups (broad SMARTS) is 1. The van der Waals surface area contributed by atoms with E-state index < -0.39 is 5.97 Å². The number of nitrogens with zero attached hydrogens (tertiary/aromatic N) is 1. The Hall–Kier alpha value is -2.90. The fourth-order valence-electron chi connectivity index (χ4n) is 3.97. The van der Waals surface area contributed by atoms with Gasteiger partial charge in [0.1, 0.15) is 5.75 Å². The number of anilines is 1. The van der Waals surface area contributed by atoms with E-state index in [1.165, 1.54) is 16.9 Å². The maximum atomic E-state index is 12.4. The van der Waals surface area contributed by atoms with Crippen LogP contribution in [0.25, 0.3) is 0 Å². The lowest BCUT2D eigenvalue weighted by atomic mass is 9.98. The van der Waals surface area contributed by atoms with Crippen LogP contribution in [0.1, 0.15) is 50.8 Å². The van der Waals surface area contributed by atoms with Gasteiger partial charge in [-0.3, -0.25) is 14.9 Å². The van der Waals surface area contributed by atoms with Gasteiger partial charge >= 0.3 is 5.97 Å². The molecule has 0 spiro atoms. The zero-order chi connectivity index (χ0) is 22.7. The number of rotatable bonds is 8. The molecule has 32 heavy (non-hydrogen) atoms. The van der Waals surface area contributed by atoms with Crippen molar-refractivity contribution in [3.63, 3.8) is 0 Å². The lowest BCUT2D eigenvalue weighted by Gasteiger charge is -2.10. The third-order valence-electron chi connectivity index (χ3n) is 5.54. The van der Waals surface area contributed by atoms with E-state index in [1.807, 2.05) is 25.1 Å². The van der Waals surface area contributed by atoms with Crippen molar-refractivity contribution >= 4 is 39.9 Å². The predicted molar refractivity (Wildman–Crippen MR) is 125 cm³/mol. The fourth-order valence-corrected chi connectivity index (χ4v) is 5.02. The van der Waals surface area contributed by atoms with Crippen molar-refractivity contribution < 1.29 is 19.4 Å². The van der Waals surface area contributed by atoms with Crippen molar-refractivity contribution in [1.82, 2.24) is 4.98 Å². The van der Waals surface area contributed by atoms with Gasteiger partial charge in [-0.25, -0.2) is 4.98 Å². The summed E-state index contributed by atoms with van der Waals surface area (Å²) >= 11 is 7.39. The van der Waals surface area contributed by atoms with Crippen LogP contribution in [0.3, 0.4) is 0 Å². The van der Waals surface area contributed by atoms with Gasteiger partial charge in [0.15, 0.2) is 5.13 Å². The van der Waals surface area contributed by atoms with Gasteiger partial charge in [0.25, 0.3) is 5.91 Å². The molecule has 2 aromatic carbocycles. The molecule has 1 aromatic heterocycles. The number of carbonyl (C=O) groups excluding carboxylic acids is 1. The molecular formula is C24H23ClN2O4S. The van der Waals surface area contributed by atoms with E-state index in [0.29, 0.717) is 28.7 Å². The van der Waals surface area contributed by atoms with E-state index in [2.05, 4.69) is 10.3 Å². The smallest absolute Gasteiger partial charge is 0.303 e. The highest BCUT2D eigenvalue weighted by atomic mass is 35.5. The summed E-state index contributed by atoms with van der Waals surface area (Å²) in [6, 6.07) is 12.7. The molecule has 1 atom stereocenters. The van der Waals surface area contributed by atoms with Crippen molar-refractivity contribution in [2.45, 2.75) is 38.5 Å². The van der Waals surface area contributed by atoms with Gasteiger partial charge in [0.2, 0.25) is 0 Å². The molecule has 0 radical (unpaired) electrons. The Morgan fingerprint density at radius 2 is 2.12 bits per heavy atom. The molecule has 6 nitrogen and oxygen atoms in total. The van der Waals surface area contributed by atoms with Gasteiger partial charge in [0, 0.05) is 21.9 Å². The van der Waals surface area contributed by atoms with E-state index in [-0.39, 0.29) is 18.2 Å². The molecule has 1 heterocycles. The standard InChI is InChI=1S/C24H23ClN2O4S/c1-14-21(26-24(32-14)27-23(30)17-3-2-4-18(25)11-17)9-10-31-19-7-8-20-15(12-19)5-6-16(20)13-22(28)29/h2-4,7-8,11-12,16H,5-6,9-10,13H2,1H3,(H,28,29)(H,26,27,30)/t16-/m0/s1. The average Bonchev–Trinajstić information content (AvgIpc) is 3.30. The van der Waals surface area contributed by atoms with Gasteiger partial charge in [-0.05, 0) is 67.1 Å². The Kier molecular flexibility index (Phi) is 6.77. The molecule has 0 aliphatic heterocycles. The number of halogens is 1. The number of carbonyl (C=O) groups is 2. The van der Waals surface area contributed by atoms with Crippen LogP contribution in [0.2, 0.25) is 5.02 Å². The molecule has 0 unspecified atom stereocenters. The van der Waals surface area contributed by atoms with Gasteiger partial charge < -0.3 is 9.84 Å². The first-order chi connectivity index (χ1) is 15.4. The van der Waals surface area contributed by atoms with Crippen LogP contribution in [-0.2, 0) is 17.6 Å². The molecule has 8 heteroatoms. The summed E-state index contributed by atoms with van der Waals surface area (Å²) in [4.78, 5) is 29.0. The van der Waals surface area contributed by atoms with Crippen molar-refractivity contribution in [3.05, 3.63) is 74.7 Å². The minimum atomic E-state index is -0.759.